The molecule has 0 aliphatic heterocycles. The summed E-state index contributed by atoms with van der Waals surface area (Å²) in [6, 6.07) is 3.52. The Labute approximate surface area is 101 Å². The lowest BCUT2D eigenvalue weighted by molar-refractivity contribution is -0.127. The van der Waals surface area contributed by atoms with Crippen LogP contribution in [0.5, 0.6) is 0 Å². The first-order valence-corrected chi connectivity index (χ1v) is 5.52. The van der Waals surface area contributed by atoms with Crippen LogP contribution in [0.2, 0.25) is 0 Å². The van der Waals surface area contributed by atoms with E-state index in [2.05, 4.69) is 10.3 Å². The van der Waals surface area contributed by atoms with E-state index in [1.54, 1.807) is 12.3 Å². The van der Waals surface area contributed by atoms with E-state index in [0.29, 0.717) is 5.82 Å². The van der Waals surface area contributed by atoms with Crippen LogP contribution < -0.4 is 5.32 Å². The van der Waals surface area contributed by atoms with Gasteiger partial charge in [-0.3, -0.25) is 4.79 Å². The smallest absolute Gasteiger partial charge is 0.256 e. The molecule has 1 aromatic heterocycles. The summed E-state index contributed by atoms with van der Waals surface area (Å²) in [7, 11) is 0. The van der Waals surface area contributed by atoms with Gasteiger partial charge in [-0.25, -0.2) is 4.98 Å². The van der Waals surface area contributed by atoms with Crippen LogP contribution in [0.15, 0.2) is 18.3 Å². The third kappa shape index (κ3) is 4.93. The van der Waals surface area contributed by atoms with Crippen molar-refractivity contribution < 1.29 is 14.6 Å². The minimum absolute atomic E-state index is 0.0185. The molecule has 0 bridgehead atoms. The fourth-order valence-electron chi connectivity index (χ4n) is 1.11. The number of aliphatic hydroxyl groups is 1. The molecule has 17 heavy (non-hydrogen) atoms. The molecule has 0 fully saturated rings. The second-order valence-corrected chi connectivity index (χ2v) is 4.11. The second kappa shape index (κ2) is 6.32. The summed E-state index contributed by atoms with van der Waals surface area (Å²) < 4.78 is 5.15. The van der Waals surface area contributed by atoms with Crippen molar-refractivity contribution in [3.8, 4) is 0 Å². The van der Waals surface area contributed by atoms with Crippen molar-refractivity contribution in [3.63, 3.8) is 0 Å². The fourth-order valence-corrected chi connectivity index (χ4v) is 1.11. The van der Waals surface area contributed by atoms with E-state index < -0.39 is 12.0 Å². The van der Waals surface area contributed by atoms with Gasteiger partial charge in [0, 0.05) is 6.20 Å². The number of pyridine rings is 1. The van der Waals surface area contributed by atoms with Gasteiger partial charge in [0.15, 0.2) is 6.10 Å². The molecule has 1 unspecified atom stereocenters. The Bertz CT molecular complexity index is 363. The molecule has 94 valence electrons. The summed E-state index contributed by atoms with van der Waals surface area (Å²) >= 11 is 0. The zero-order valence-corrected chi connectivity index (χ0v) is 10.3. The van der Waals surface area contributed by atoms with Crippen LogP contribution >= 0.6 is 0 Å². The van der Waals surface area contributed by atoms with Crippen molar-refractivity contribution in [2.75, 3.05) is 11.9 Å². The maximum atomic E-state index is 11.5. The van der Waals surface area contributed by atoms with Gasteiger partial charge in [0.1, 0.15) is 5.82 Å². The van der Waals surface area contributed by atoms with Gasteiger partial charge in [0.05, 0.1) is 12.7 Å². The van der Waals surface area contributed by atoms with Crippen LogP contribution in [0.4, 0.5) is 5.82 Å². The monoisotopic (exact) mass is 238 g/mol. The molecule has 2 N–H and O–H groups in total. The van der Waals surface area contributed by atoms with Gasteiger partial charge in [0.2, 0.25) is 0 Å². The van der Waals surface area contributed by atoms with E-state index in [1.807, 2.05) is 26.8 Å². The molecule has 0 saturated carbocycles. The van der Waals surface area contributed by atoms with Gasteiger partial charge in [-0.05, 0) is 32.4 Å². The Morgan fingerprint density at radius 3 is 2.76 bits per heavy atom. The number of carbonyl (C=O) groups is 1. The molecule has 0 saturated heterocycles. The van der Waals surface area contributed by atoms with E-state index in [0.717, 1.165) is 5.56 Å². The van der Waals surface area contributed by atoms with E-state index >= 15 is 0 Å². The lowest BCUT2D eigenvalue weighted by Gasteiger charge is -2.13. The minimum atomic E-state index is -1.18. The number of carbonyl (C=O) groups excluding carboxylic acids is 1. The summed E-state index contributed by atoms with van der Waals surface area (Å²) in [6.07, 6.45) is 0.447. The largest absolute Gasteiger partial charge is 0.381 e. The Kier molecular flexibility index (Phi) is 5.06. The van der Waals surface area contributed by atoms with Crippen LogP contribution in [0.3, 0.4) is 0 Å². The molecule has 1 heterocycles. The number of nitrogens with one attached hydrogen (secondary N) is 1. The lowest BCUT2D eigenvalue weighted by Crippen LogP contribution is -2.32. The molecule has 0 aliphatic rings. The number of aryl methyl sites for hydroxylation is 1. The Hall–Kier alpha value is -1.46. The average Bonchev–Trinajstić information content (AvgIpc) is 2.28. The van der Waals surface area contributed by atoms with Crippen LogP contribution in [0, 0.1) is 6.92 Å². The fraction of sp³-hybridized carbons (Fsp3) is 0.500. The quantitative estimate of drug-likeness (QED) is 0.806. The predicted molar refractivity (Wildman–Crippen MR) is 64.7 cm³/mol. The standard InChI is InChI=1S/C12H18N2O3/c1-8(2)17-7-10(15)12(16)14-11-5-4-9(3)6-13-11/h4-6,8,10,15H,7H2,1-3H3,(H,13,14,16). The highest BCUT2D eigenvalue weighted by atomic mass is 16.5. The number of aromatic nitrogens is 1. The van der Waals surface area contributed by atoms with Gasteiger partial charge in [-0.15, -0.1) is 0 Å². The number of amides is 1. The summed E-state index contributed by atoms with van der Waals surface area (Å²) in [5.41, 5.74) is 1.01. The van der Waals surface area contributed by atoms with Crippen LogP contribution in [0.25, 0.3) is 0 Å². The summed E-state index contributed by atoms with van der Waals surface area (Å²) in [6.45, 7) is 5.57. The minimum Gasteiger partial charge on any atom is -0.381 e. The van der Waals surface area contributed by atoms with Crippen LogP contribution in [-0.2, 0) is 9.53 Å². The van der Waals surface area contributed by atoms with E-state index in [4.69, 9.17) is 4.74 Å². The number of nitrogens with zero attached hydrogens (tertiary/aromatic N) is 1. The van der Waals surface area contributed by atoms with Crippen LogP contribution in [0.1, 0.15) is 19.4 Å². The predicted octanol–water partition coefficient (Wildman–Crippen LogP) is 1.11. The number of aliphatic hydroxyl groups excluding tert-OH is 1. The molecule has 0 radical (unpaired) electrons. The van der Waals surface area contributed by atoms with Crippen molar-refractivity contribution in [1.29, 1.82) is 0 Å². The third-order valence-corrected chi connectivity index (χ3v) is 2.05. The Morgan fingerprint density at radius 1 is 1.53 bits per heavy atom. The molecule has 1 aromatic rings. The topological polar surface area (TPSA) is 71.5 Å². The maximum absolute atomic E-state index is 11.5. The molecule has 0 aliphatic carbocycles. The Balaban J connectivity index is 2.45. The number of hydrogen-bond donors (Lipinski definition) is 2. The highest BCUT2D eigenvalue weighted by Gasteiger charge is 2.16. The number of ether oxygens (including phenoxy) is 1. The highest BCUT2D eigenvalue weighted by molar-refractivity contribution is 5.93. The molecule has 1 rings (SSSR count). The molecule has 1 atom stereocenters. The average molecular weight is 238 g/mol. The van der Waals surface area contributed by atoms with E-state index in [-0.39, 0.29) is 12.7 Å². The van der Waals surface area contributed by atoms with Crippen molar-refractivity contribution in [2.24, 2.45) is 0 Å². The molecule has 5 nitrogen and oxygen atoms in total. The van der Waals surface area contributed by atoms with E-state index in [1.165, 1.54) is 0 Å². The van der Waals surface area contributed by atoms with Crippen molar-refractivity contribution in [3.05, 3.63) is 23.9 Å². The maximum Gasteiger partial charge on any atom is 0.256 e. The van der Waals surface area contributed by atoms with Crippen molar-refractivity contribution in [2.45, 2.75) is 33.0 Å². The molecule has 0 spiro atoms. The summed E-state index contributed by atoms with van der Waals surface area (Å²) in [5.74, 6) is -0.0915. The number of rotatable bonds is 5. The van der Waals surface area contributed by atoms with Crippen molar-refractivity contribution >= 4 is 11.7 Å². The summed E-state index contributed by atoms with van der Waals surface area (Å²) in [4.78, 5) is 15.5. The van der Waals surface area contributed by atoms with Gasteiger partial charge in [-0.1, -0.05) is 6.07 Å². The highest BCUT2D eigenvalue weighted by Crippen LogP contribution is 2.04. The molecule has 1 amide bonds. The van der Waals surface area contributed by atoms with Gasteiger partial charge in [-0.2, -0.15) is 0 Å². The first-order valence-electron chi connectivity index (χ1n) is 5.52. The van der Waals surface area contributed by atoms with Crippen molar-refractivity contribution in [1.82, 2.24) is 4.98 Å². The first-order chi connectivity index (χ1) is 7.99. The summed E-state index contributed by atoms with van der Waals surface area (Å²) in [5, 5.41) is 12.0. The number of anilines is 1. The van der Waals surface area contributed by atoms with Gasteiger partial charge in [0.25, 0.3) is 5.91 Å². The Morgan fingerprint density at radius 2 is 2.24 bits per heavy atom. The SMILES string of the molecule is Cc1ccc(NC(=O)C(O)COC(C)C)nc1. The molecule has 0 aromatic carbocycles. The zero-order valence-electron chi connectivity index (χ0n) is 10.3. The molecular weight excluding hydrogens is 220 g/mol. The van der Waals surface area contributed by atoms with Gasteiger partial charge >= 0.3 is 0 Å². The van der Waals surface area contributed by atoms with Gasteiger partial charge < -0.3 is 15.2 Å². The number of hydrogen-bond acceptors (Lipinski definition) is 4. The first kappa shape index (κ1) is 13.6. The normalized spacial score (nSPS) is 12.5. The van der Waals surface area contributed by atoms with E-state index in [9.17, 15) is 9.90 Å². The molecule has 5 heteroatoms. The molecular formula is C12H18N2O3. The van der Waals surface area contributed by atoms with Crippen LogP contribution in [-0.4, -0.2) is 34.8 Å². The lowest BCUT2D eigenvalue weighted by atomic mass is 10.3. The third-order valence-electron chi connectivity index (χ3n) is 2.05. The second-order valence-electron chi connectivity index (χ2n) is 4.11. The zero-order chi connectivity index (χ0) is 12.8.